The van der Waals surface area contributed by atoms with Crippen molar-refractivity contribution < 1.29 is 18.8 Å². The van der Waals surface area contributed by atoms with Crippen LogP contribution < -0.4 is 15.9 Å². The van der Waals surface area contributed by atoms with E-state index in [1.165, 1.54) is 18.6 Å². The van der Waals surface area contributed by atoms with E-state index in [-0.39, 0.29) is 23.4 Å². The number of halogens is 1. The largest absolute Gasteiger partial charge is 0.392 e. The third-order valence-electron chi connectivity index (χ3n) is 7.68. The molecular weight excluding hydrogens is 459 g/mol. The first-order valence-corrected chi connectivity index (χ1v) is 12.8. The number of hydrogen-bond donors (Lipinski definition) is 2. The standard InChI is InChI=1S/C28H33FN4O3/c1-19-17-33(31-36-19)26-4-2-3-22(15-26)28(35)30-16-23-5-6-24(23)18-32-13-11-21(12-14-32)27(34)20-7-9-25(29)10-8-20/h2-4,7-10,15,17,21,23-24,31H,5-6,11-14,16,18H2,1H3,(H,30,35)/t23-,24-/m0/s1. The quantitative estimate of drug-likeness (QED) is 0.536. The Kier molecular flexibility index (Phi) is 7.34. The number of likely N-dealkylation sites (tertiary alicyclic amines) is 1. The van der Waals surface area contributed by atoms with Crippen LogP contribution in [0, 0.1) is 23.6 Å². The van der Waals surface area contributed by atoms with Crippen LogP contribution >= 0.6 is 0 Å². The third kappa shape index (κ3) is 5.60. The first kappa shape index (κ1) is 24.5. The number of hydrogen-bond acceptors (Lipinski definition) is 6. The van der Waals surface area contributed by atoms with Crippen LogP contribution in [0.15, 0.2) is 60.5 Å². The Morgan fingerprint density at radius 2 is 1.78 bits per heavy atom. The molecular formula is C28H33FN4O3. The highest BCUT2D eigenvalue weighted by atomic mass is 19.1. The molecule has 0 bridgehead atoms. The summed E-state index contributed by atoms with van der Waals surface area (Å²) >= 11 is 0. The SMILES string of the molecule is CC1=CN(c2cccc(C(=O)NC[C@@H]3CC[C@H]3CN3CCC(C(=O)c4ccc(F)cc4)CC3)c2)NO1. The summed E-state index contributed by atoms with van der Waals surface area (Å²) in [7, 11) is 0. The predicted octanol–water partition coefficient (Wildman–Crippen LogP) is 4.29. The zero-order valence-corrected chi connectivity index (χ0v) is 20.6. The molecule has 7 nitrogen and oxygen atoms in total. The van der Waals surface area contributed by atoms with Crippen molar-refractivity contribution in [2.24, 2.45) is 17.8 Å². The fraction of sp³-hybridized carbons (Fsp3) is 0.429. The van der Waals surface area contributed by atoms with E-state index in [1.54, 1.807) is 17.1 Å². The number of piperidine rings is 1. The van der Waals surface area contributed by atoms with Gasteiger partial charge in [0.05, 0.1) is 11.9 Å². The maximum Gasteiger partial charge on any atom is 0.251 e. The minimum atomic E-state index is -0.317. The molecule has 2 atom stereocenters. The van der Waals surface area contributed by atoms with E-state index in [4.69, 9.17) is 4.84 Å². The van der Waals surface area contributed by atoms with Crippen LogP contribution in [-0.2, 0) is 4.84 Å². The van der Waals surface area contributed by atoms with Gasteiger partial charge in [0, 0.05) is 30.1 Å². The zero-order chi connectivity index (χ0) is 25.1. The van der Waals surface area contributed by atoms with Gasteiger partial charge >= 0.3 is 0 Å². The first-order chi connectivity index (χ1) is 17.5. The van der Waals surface area contributed by atoms with E-state index >= 15 is 0 Å². The molecule has 8 heteroatoms. The summed E-state index contributed by atoms with van der Waals surface area (Å²) < 4.78 is 13.2. The highest BCUT2D eigenvalue weighted by Crippen LogP contribution is 2.35. The molecule has 1 saturated heterocycles. The topological polar surface area (TPSA) is 73.9 Å². The number of nitrogens with one attached hydrogen (secondary N) is 2. The number of rotatable bonds is 8. The average molecular weight is 493 g/mol. The molecule has 2 aliphatic heterocycles. The second-order valence-electron chi connectivity index (χ2n) is 10.1. The van der Waals surface area contributed by atoms with Gasteiger partial charge in [0.2, 0.25) is 0 Å². The van der Waals surface area contributed by atoms with Gasteiger partial charge in [-0.25, -0.2) is 9.40 Å². The number of hydrazine groups is 1. The molecule has 2 heterocycles. The monoisotopic (exact) mass is 492 g/mol. The smallest absolute Gasteiger partial charge is 0.251 e. The minimum absolute atomic E-state index is 0.0145. The second-order valence-corrected chi connectivity index (χ2v) is 10.1. The summed E-state index contributed by atoms with van der Waals surface area (Å²) in [6, 6.07) is 13.3. The highest BCUT2D eigenvalue weighted by Gasteiger charge is 2.34. The minimum Gasteiger partial charge on any atom is -0.392 e. The predicted molar refractivity (Wildman–Crippen MR) is 135 cm³/mol. The first-order valence-electron chi connectivity index (χ1n) is 12.8. The molecule has 36 heavy (non-hydrogen) atoms. The molecule has 2 fully saturated rings. The summed E-state index contributed by atoms with van der Waals surface area (Å²) in [6.07, 6.45) is 5.82. The van der Waals surface area contributed by atoms with Crippen molar-refractivity contribution in [1.82, 2.24) is 15.8 Å². The number of carbonyl (C=O) groups is 2. The fourth-order valence-electron chi connectivity index (χ4n) is 5.31. The summed E-state index contributed by atoms with van der Waals surface area (Å²) in [5, 5.41) is 4.86. The Morgan fingerprint density at radius 1 is 1.03 bits per heavy atom. The van der Waals surface area contributed by atoms with E-state index in [0.717, 1.165) is 50.3 Å². The Hall–Kier alpha value is -3.23. The Bertz CT molecular complexity index is 1130. The molecule has 1 amide bonds. The molecule has 1 aliphatic carbocycles. The van der Waals surface area contributed by atoms with Crippen LogP contribution in [0.5, 0.6) is 0 Å². The lowest BCUT2D eigenvalue weighted by atomic mass is 9.73. The molecule has 2 aromatic rings. The number of nitrogens with zero attached hydrogens (tertiary/aromatic N) is 2. The van der Waals surface area contributed by atoms with Crippen LogP contribution in [0.3, 0.4) is 0 Å². The third-order valence-corrected chi connectivity index (χ3v) is 7.68. The number of anilines is 1. The summed E-state index contributed by atoms with van der Waals surface area (Å²) in [4.78, 5) is 33.2. The number of allylic oxidation sites excluding steroid dienone is 1. The lowest BCUT2D eigenvalue weighted by Crippen LogP contribution is -2.46. The average Bonchev–Trinajstić information content (AvgIpc) is 3.33. The van der Waals surface area contributed by atoms with Gasteiger partial charge in [0.1, 0.15) is 11.6 Å². The van der Waals surface area contributed by atoms with Crippen molar-refractivity contribution >= 4 is 17.4 Å². The molecule has 1 saturated carbocycles. The number of benzene rings is 2. The number of ketones is 1. The van der Waals surface area contributed by atoms with Crippen molar-refractivity contribution in [1.29, 1.82) is 0 Å². The lowest BCUT2D eigenvalue weighted by Gasteiger charge is -2.42. The molecule has 0 aromatic heterocycles. The van der Waals surface area contributed by atoms with Crippen LogP contribution in [0.4, 0.5) is 10.1 Å². The fourth-order valence-corrected chi connectivity index (χ4v) is 5.31. The van der Waals surface area contributed by atoms with Crippen molar-refractivity contribution in [2.75, 3.05) is 31.2 Å². The van der Waals surface area contributed by atoms with Gasteiger partial charge in [0.15, 0.2) is 5.78 Å². The van der Waals surface area contributed by atoms with E-state index in [0.29, 0.717) is 29.5 Å². The number of amides is 1. The van der Waals surface area contributed by atoms with Gasteiger partial charge < -0.3 is 15.1 Å². The second kappa shape index (κ2) is 10.8. The van der Waals surface area contributed by atoms with Gasteiger partial charge in [-0.3, -0.25) is 9.59 Å². The van der Waals surface area contributed by atoms with Crippen molar-refractivity contribution in [3.8, 4) is 0 Å². The van der Waals surface area contributed by atoms with Gasteiger partial charge in [0.25, 0.3) is 5.91 Å². The van der Waals surface area contributed by atoms with Crippen molar-refractivity contribution in [3.63, 3.8) is 0 Å². The van der Waals surface area contributed by atoms with E-state index in [2.05, 4.69) is 15.8 Å². The van der Waals surface area contributed by atoms with Crippen LogP contribution in [0.2, 0.25) is 0 Å². The van der Waals surface area contributed by atoms with E-state index in [9.17, 15) is 14.0 Å². The van der Waals surface area contributed by atoms with Gasteiger partial charge in [-0.2, -0.15) is 0 Å². The van der Waals surface area contributed by atoms with E-state index in [1.807, 2.05) is 37.4 Å². The number of Topliss-reactive ketones (excluding diaryl/α,β-unsaturated/α-hetero) is 1. The molecule has 2 N–H and O–H groups in total. The zero-order valence-electron chi connectivity index (χ0n) is 20.6. The maximum atomic E-state index is 13.2. The van der Waals surface area contributed by atoms with Crippen molar-refractivity contribution in [2.45, 2.75) is 32.6 Å². The number of carbonyl (C=O) groups excluding carboxylic acids is 2. The molecule has 5 rings (SSSR count). The Balaban J connectivity index is 1.06. The van der Waals surface area contributed by atoms with Crippen LogP contribution in [-0.4, -0.2) is 42.8 Å². The van der Waals surface area contributed by atoms with Gasteiger partial charge in [-0.05, 0) is 100.0 Å². The summed E-state index contributed by atoms with van der Waals surface area (Å²) in [5.74, 6) is 1.56. The molecule has 0 unspecified atom stereocenters. The highest BCUT2D eigenvalue weighted by molar-refractivity contribution is 5.98. The van der Waals surface area contributed by atoms with Gasteiger partial charge in [-0.1, -0.05) is 11.7 Å². The lowest BCUT2D eigenvalue weighted by molar-refractivity contribution is 0.0691. The van der Waals surface area contributed by atoms with E-state index < -0.39 is 0 Å². The summed E-state index contributed by atoms with van der Waals surface area (Å²) in [6.45, 7) is 5.36. The molecule has 3 aliphatic rings. The van der Waals surface area contributed by atoms with Crippen LogP contribution in [0.25, 0.3) is 0 Å². The Morgan fingerprint density at radius 3 is 2.44 bits per heavy atom. The molecule has 0 spiro atoms. The maximum absolute atomic E-state index is 13.2. The Labute approximate surface area is 211 Å². The van der Waals surface area contributed by atoms with Gasteiger partial charge in [-0.15, -0.1) is 0 Å². The normalized spacial score (nSPS) is 22.5. The molecule has 190 valence electrons. The van der Waals surface area contributed by atoms with Crippen molar-refractivity contribution in [3.05, 3.63) is 77.4 Å². The molecule has 2 aromatic carbocycles. The summed E-state index contributed by atoms with van der Waals surface area (Å²) in [5.41, 5.74) is 4.85. The van der Waals surface area contributed by atoms with Crippen LogP contribution in [0.1, 0.15) is 53.3 Å². The molecule has 0 radical (unpaired) electrons.